The minimum atomic E-state index is -0.615. The van der Waals surface area contributed by atoms with Gasteiger partial charge in [0, 0.05) is 12.6 Å². The Bertz CT molecular complexity index is 731. The maximum atomic E-state index is 12.4. The van der Waals surface area contributed by atoms with Crippen molar-refractivity contribution >= 4 is 11.6 Å². The molecule has 0 unspecified atom stereocenters. The van der Waals surface area contributed by atoms with Gasteiger partial charge in [-0.2, -0.15) is 0 Å². The summed E-state index contributed by atoms with van der Waals surface area (Å²) in [6.45, 7) is 2.39. The highest BCUT2D eigenvalue weighted by molar-refractivity contribution is 5.99. The molecule has 2 aromatic carbocycles. The summed E-state index contributed by atoms with van der Waals surface area (Å²) in [5.41, 5.74) is 0.494. The molecule has 1 N–H and O–H groups in total. The van der Waals surface area contributed by atoms with Crippen molar-refractivity contribution in [2.45, 2.75) is 13.5 Å². The second kappa shape index (κ2) is 7.96. The van der Waals surface area contributed by atoms with Gasteiger partial charge in [-0.1, -0.05) is 30.3 Å². The first-order valence-corrected chi connectivity index (χ1v) is 7.38. The Morgan fingerprint density at radius 2 is 1.92 bits per heavy atom. The van der Waals surface area contributed by atoms with Crippen LogP contribution in [0.5, 0.6) is 11.5 Å². The van der Waals surface area contributed by atoms with Crippen LogP contribution in [0.1, 0.15) is 22.8 Å². The largest absolute Gasteiger partial charge is 0.493 e. The van der Waals surface area contributed by atoms with Gasteiger partial charge in [0.1, 0.15) is 5.56 Å². The lowest BCUT2D eigenvalue weighted by atomic mass is 10.1. The van der Waals surface area contributed by atoms with Gasteiger partial charge < -0.3 is 14.8 Å². The molecule has 0 bridgehead atoms. The third-order valence-electron chi connectivity index (χ3n) is 3.32. The first-order valence-electron chi connectivity index (χ1n) is 7.38. The molecule has 1 amide bonds. The highest BCUT2D eigenvalue weighted by atomic mass is 16.6. The summed E-state index contributed by atoms with van der Waals surface area (Å²) in [5, 5.41) is 13.9. The third-order valence-corrected chi connectivity index (χ3v) is 3.32. The van der Waals surface area contributed by atoms with Gasteiger partial charge in [0.15, 0.2) is 11.5 Å². The number of carbonyl (C=O) groups is 1. The van der Waals surface area contributed by atoms with E-state index < -0.39 is 10.8 Å². The molecule has 0 heterocycles. The van der Waals surface area contributed by atoms with E-state index in [0.717, 1.165) is 5.56 Å². The molecule has 0 spiro atoms. The van der Waals surface area contributed by atoms with Crippen molar-refractivity contribution in [3.63, 3.8) is 0 Å². The quantitative estimate of drug-likeness (QED) is 0.622. The molecule has 0 aliphatic rings. The predicted octanol–water partition coefficient (Wildman–Crippen LogP) is 2.93. The summed E-state index contributed by atoms with van der Waals surface area (Å²) in [5.74, 6) is -0.0484. The number of carbonyl (C=O) groups excluding carboxylic acids is 1. The van der Waals surface area contributed by atoms with Crippen molar-refractivity contribution in [2.24, 2.45) is 0 Å². The Labute approximate surface area is 139 Å². The fraction of sp³-hybridized carbons (Fsp3) is 0.235. The number of amides is 1. The Morgan fingerprint density at radius 1 is 1.21 bits per heavy atom. The average molecular weight is 330 g/mol. The van der Waals surface area contributed by atoms with Crippen LogP contribution in [0.25, 0.3) is 0 Å². The van der Waals surface area contributed by atoms with E-state index in [0.29, 0.717) is 6.61 Å². The van der Waals surface area contributed by atoms with Crippen LogP contribution in [-0.2, 0) is 6.54 Å². The van der Waals surface area contributed by atoms with Crippen LogP contribution < -0.4 is 14.8 Å². The molecule has 0 fully saturated rings. The summed E-state index contributed by atoms with van der Waals surface area (Å²) in [6.07, 6.45) is 0. The van der Waals surface area contributed by atoms with E-state index in [1.54, 1.807) is 6.92 Å². The standard InChI is InChI=1S/C17H18N2O5/c1-3-24-16-9-13(14(19(21)22)10-15(16)23-2)17(20)18-11-12-7-5-4-6-8-12/h4-10H,3,11H2,1-2H3,(H,18,20). The Morgan fingerprint density at radius 3 is 2.50 bits per heavy atom. The van der Waals surface area contributed by atoms with Crippen LogP contribution in [0.3, 0.4) is 0 Å². The average Bonchev–Trinajstić information content (AvgIpc) is 2.60. The van der Waals surface area contributed by atoms with Crippen LogP contribution in [0.2, 0.25) is 0 Å². The van der Waals surface area contributed by atoms with Crippen molar-refractivity contribution in [3.8, 4) is 11.5 Å². The van der Waals surface area contributed by atoms with Crippen LogP contribution in [-0.4, -0.2) is 24.5 Å². The fourth-order valence-electron chi connectivity index (χ4n) is 2.18. The monoisotopic (exact) mass is 330 g/mol. The second-order valence-electron chi connectivity index (χ2n) is 4.88. The van der Waals surface area contributed by atoms with Gasteiger partial charge in [-0.05, 0) is 12.5 Å². The smallest absolute Gasteiger partial charge is 0.286 e. The summed E-state index contributed by atoms with van der Waals surface area (Å²) in [4.78, 5) is 23.0. The Hall–Kier alpha value is -3.09. The number of hydrogen-bond acceptors (Lipinski definition) is 5. The van der Waals surface area contributed by atoms with Gasteiger partial charge in [0.05, 0.1) is 24.7 Å². The maximum absolute atomic E-state index is 12.4. The summed E-state index contributed by atoms with van der Waals surface area (Å²) in [6, 6.07) is 11.8. The zero-order chi connectivity index (χ0) is 17.5. The normalized spacial score (nSPS) is 10.1. The fourth-order valence-corrected chi connectivity index (χ4v) is 2.18. The van der Waals surface area contributed by atoms with E-state index >= 15 is 0 Å². The molecular formula is C17H18N2O5. The van der Waals surface area contributed by atoms with Crippen LogP contribution in [0.4, 0.5) is 5.69 Å². The Kier molecular flexibility index (Phi) is 5.73. The molecule has 24 heavy (non-hydrogen) atoms. The van der Waals surface area contributed by atoms with E-state index in [1.165, 1.54) is 19.2 Å². The van der Waals surface area contributed by atoms with E-state index in [9.17, 15) is 14.9 Å². The molecule has 2 aromatic rings. The van der Waals surface area contributed by atoms with Crippen LogP contribution in [0.15, 0.2) is 42.5 Å². The SMILES string of the molecule is CCOc1cc(C(=O)NCc2ccccc2)c([N+](=O)[O-])cc1OC. The van der Waals surface area contributed by atoms with E-state index in [4.69, 9.17) is 9.47 Å². The van der Waals surface area contributed by atoms with E-state index in [-0.39, 0.29) is 29.3 Å². The van der Waals surface area contributed by atoms with Gasteiger partial charge in [0.2, 0.25) is 0 Å². The van der Waals surface area contributed by atoms with E-state index in [2.05, 4.69) is 5.32 Å². The molecule has 0 saturated heterocycles. The second-order valence-corrected chi connectivity index (χ2v) is 4.88. The van der Waals surface area contributed by atoms with Gasteiger partial charge in [-0.15, -0.1) is 0 Å². The third kappa shape index (κ3) is 4.01. The molecule has 2 rings (SSSR count). The molecule has 7 heteroatoms. The summed E-state index contributed by atoms with van der Waals surface area (Å²) in [7, 11) is 1.39. The lowest BCUT2D eigenvalue weighted by Crippen LogP contribution is -2.23. The van der Waals surface area contributed by atoms with Crippen LogP contribution >= 0.6 is 0 Å². The predicted molar refractivity (Wildman–Crippen MR) is 88.4 cm³/mol. The minimum Gasteiger partial charge on any atom is -0.493 e. The van der Waals surface area contributed by atoms with Crippen molar-refractivity contribution in [2.75, 3.05) is 13.7 Å². The minimum absolute atomic E-state index is 0.0693. The molecular weight excluding hydrogens is 312 g/mol. The van der Waals surface area contributed by atoms with Gasteiger partial charge >= 0.3 is 0 Å². The van der Waals surface area contributed by atoms with Crippen molar-refractivity contribution in [1.29, 1.82) is 0 Å². The summed E-state index contributed by atoms with van der Waals surface area (Å²) >= 11 is 0. The number of nitro benzene ring substituents is 1. The number of rotatable bonds is 7. The molecule has 0 aliphatic heterocycles. The zero-order valence-electron chi connectivity index (χ0n) is 13.4. The topological polar surface area (TPSA) is 90.7 Å². The number of nitrogens with one attached hydrogen (secondary N) is 1. The first kappa shape index (κ1) is 17.3. The van der Waals surface area contributed by atoms with Crippen LogP contribution in [0, 0.1) is 10.1 Å². The first-order chi connectivity index (χ1) is 11.6. The lowest BCUT2D eigenvalue weighted by Gasteiger charge is -2.12. The molecule has 0 aromatic heterocycles. The van der Waals surface area contributed by atoms with E-state index in [1.807, 2.05) is 30.3 Å². The molecule has 0 atom stereocenters. The molecule has 0 aliphatic carbocycles. The van der Waals surface area contributed by atoms with Crippen molar-refractivity contribution < 1.29 is 19.2 Å². The number of nitro groups is 1. The number of hydrogen-bond donors (Lipinski definition) is 1. The molecule has 7 nitrogen and oxygen atoms in total. The maximum Gasteiger partial charge on any atom is 0.286 e. The molecule has 0 saturated carbocycles. The highest BCUT2D eigenvalue weighted by Crippen LogP contribution is 2.34. The molecule has 126 valence electrons. The number of ether oxygens (including phenoxy) is 2. The highest BCUT2D eigenvalue weighted by Gasteiger charge is 2.24. The zero-order valence-corrected chi connectivity index (χ0v) is 13.4. The molecule has 0 radical (unpaired) electrons. The van der Waals surface area contributed by atoms with Gasteiger partial charge in [-0.25, -0.2) is 0 Å². The number of nitrogens with zero attached hydrogens (tertiary/aromatic N) is 1. The van der Waals surface area contributed by atoms with Crippen molar-refractivity contribution in [3.05, 3.63) is 63.7 Å². The Balaban J connectivity index is 2.30. The van der Waals surface area contributed by atoms with Gasteiger partial charge in [-0.3, -0.25) is 14.9 Å². The van der Waals surface area contributed by atoms with Gasteiger partial charge in [0.25, 0.3) is 11.6 Å². The number of benzene rings is 2. The summed E-state index contributed by atoms with van der Waals surface area (Å²) < 4.78 is 10.5. The lowest BCUT2D eigenvalue weighted by molar-refractivity contribution is -0.385. The number of methoxy groups -OCH3 is 1. The van der Waals surface area contributed by atoms with Crippen molar-refractivity contribution in [1.82, 2.24) is 5.32 Å².